The van der Waals surface area contributed by atoms with E-state index in [-0.39, 0.29) is 5.54 Å². The first-order valence-corrected chi connectivity index (χ1v) is 5.35. The van der Waals surface area contributed by atoms with E-state index in [1.165, 1.54) is 12.8 Å². The predicted octanol–water partition coefficient (Wildman–Crippen LogP) is 0.361. The summed E-state index contributed by atoms with van der Waals surface area (Å²) in [6.07, 6.45) is 4.80. The Bertz CT molecular complexity index is 245. The number of fused-ring (bicyclic) bond motifs is 2. The van der Waals surface area contributed by atoms with Crippen LogP contribution in [0, 0.1) is 5.92 Å². The van der Waals surface area contributed by atoms with Gasteiger partial charge in [0.25, 0.3) is 0 Å². The van der Waals surface area contributed by atoms with Crippen LogP contribution in [-0.4, -0.2) is 36.0 Å². The summed E-state index contributed by atoms with van der Waals surface area (Å²) in [5.41, 5.74) is -0.0683. The van der Waals surface area contributed by atoms with Crippen LogP contribution in [0.2, 0.25) is 0 Å². The fraction of sp³-hybridized carbons (Fsp3) is 0.900. The molecule has 4 aliphatic rings. The summed E-state index contributed by atoms with van der Waals surface area (Å²) in [4.78, 5) is 14.2. The van der Waals surface area contributed by atoms with Crippen molar-refractivity contribution < 1.29 is 4.79 Å². The Kier molecular flexibility index (Phi) is 1.48. The first-order valence-electron chi connectivity index (χ1n) is 5.35. The quantitative estimate of drug-likeness (QED) is 0.584. The second kappa shape index (κ2) is 2.47. The minimum Gasteiger partial charge on any atom is -0.354 e. The molecule has 0 aromatic carbocycles. The van der Waals surface area contributed by atoms with E-state index < -0.39 is 0 Å². The summed E-state index contributed by atoms with van der Waals surface area (Å²) in [6.45, 7) is 3.19. The number of nitrogens with zero attached hydrogens (tertiary/aromatic N) is 1. The van der Waals surface area contributed by atoms with Crippen LogP contribution in [0.3, 0.4) is 0 Å². The van der Waals surface area contributed by atoms with E-state index in [4.69, 9.17) is 0 Å². The summed E-state index contributed by atoms with van der Waals surface area (Å²) in [5.74, 6) is 1.13. The van der Waals surface area contributed by atoms with Gasteiger partial charge < -0.3 is 5.32 Å². The van der Waals surface area contributed by atoms with E-state index in [9.17, 15) is 4.79 Å². The van der Waals surface area contributed by atoms with Crippen molar-refractivity contribution in [2.45, 2.75) is 31.2 Å². The van der Waals surface area contributed by atoms with Gasteiger partial charge in [-0.05, 0) is 44.7 Å². The molecule has 3 nitrogen and oxygen atoms in total. The molecule has 4 rings (SSSR count). The second-order valence-corrected chi connectivity index (χ2v) is 4.67. The zero-order valence-electron chi connectivity index (χ0n) is 7.88. The Labute approximate surface area is 78.5 Å². The maximum atomic E-state index is 11.8. The van der Waals surface area contributed by atoms with Crippen molar-refractivity contribution in [2.24, 2.45) is 5.92 Å². The lowest BCUT2D eigenvalue weighted by Crippen LogP contribution is -2.61. The number of hydrogen-bond donors (Lipinski definition) is 1. The number of piperidine rings is 3. The van der Waals surface area contributed by atoms with Crippen LogP contribution < -0.4 is 5.32 Å². The normalized spacial score (nSPS) is 48.5. The average Bonchev–Trinajstić information content (AvgIpc) is 2.50. The van der Waals surface area contributed by atoms with E-state index in [2.05, 4.69) is 10.2 Å². The molecule has 0 aliphatic carbocycles. The second-order valence-electron chi connectivity index (χ2n) is 4.67. The first kappa shape index (κ1) is 7.80. The maximum Gasteiger partial charge on any atom is 0.240 e. The van der Waals surface area contributed by atoms with Gasteiger partial charge in [0.1, 0.15) is 5.54 Å². The van der Waals surface area contributed by atoms with Gasteiger partial charge in [-0.2, -0.15) is 0 Å². The first-order chi connectivity index (χ1) is 6.31. The van der Waals surface area contributed by atoms with Gasteiger partial charge in [0.05, 0.1) is 0 Å². The third-order valence-electron chi connectivity index (χ3n) is 4.09. The fourth-order valence-corrected chi connectivity index (χ4v) is 3.33. The average molecular weight is 180 g/mol. The lowest BCUT2D eigenvalue weighted by molar-refractivity contribution is -0.137. The van der Waals surface area contributed by atoms with Gasteiger partial charge in [-0.3, -0.25) is 9.69 Å². The van der Waals surface area contributed by atoms with Crippen LogP contribution in [0.1, 0.15) is 25.7 Å². The zero-order chi connectivity index (χ0) is 8.89. The van der Waals surface area contributed by atoms with Crippen molar-refractivity contribution in [2.75, 3.05) is 19.6 Å². The summed E-state index contributed by atoms with van der Waals surface area (Å²) >= 11 is 0. The van der Waals surface area contributed by atoms with Crippen LogP contribution in [0.4, 0.5) is 0 Å². The summed E-state index contributed by atoms with van der Waals surface area (Å²) in [6, 6.07) is 0. The van der Waals surface area contributed by atoms with E-state index >= 15 is 0 Å². The molecule has 0 saturated carbocycles. The SMILES string of the molecule is O=C1NCC[C@@]12CC1CCN2CC1. The van der Waals surface area contributed by atoms with E-state index in [0.717, 1.165) is 38.4 Å². The number of carbonyl (C=O) groups is 1. The Morgan fingerprint density at radius 2 is 2.15 bits per heavy atom. The van der Waals surface area contributed by atoms with Gasteiger partial charge in [0.15, 0.2) is 0 Å². The molecule has 1 atom stereocenters. The van der Waals surface area contributed by atoms with Crippen LogP contribution in [0.5, 0.6) is 0 Å². The molecule has 72 valence electrons. The number of amides is 1. The Morgan fingerprint density at radius 3 is 2.62 bits per heavy atom. The molecule has 4 heterocycles. The summed E-state index contributed by atoms with van der Waals surface area (Å²) < 4.78 is 0. The molecule has 0 aromatic heterocycles. The number of carbonyl (C=O) groups excluding carboxylic acids is 1. The molecule has 0 radical (unpaired) electrons. The molecule has 2 bridgehead atoms. The minimum atomic E-state index is -0.0683. The van der Waals surface area contributed by atoms with Crippen molar-refractivity contribution in [3.63, 3.8) is 0 Å². The molecular weight excluding hydrogens is 164 g/mol. The standard InChI is InChI=1S/C10H16N2O/c13-9-10(3-4-11-9)7-8-1-5-12(10)6-2-8/h8H,1-7H2,(H,11,13)/t10-/m1/s1. The van der Waals surface area contributed by atoms with Crippen LogP contribution in [0.25, 0.3) is 0 Å². The maximum absolute atomic E-state index is 11.8. The molecule has 4 aliphatic heterocycles. The van der Waals surface area contributed by atoms with Gasteiger partial charge in [0.2, 0.25) is 5.91 Å². The molecule has 1 amide bonds. The smallest absolute Gasteiger partial charge is 0.240 e. The largest absolute Gasteiger partial charge is 0.354 e. The molecule has 4 fully saturated rings. The van der Waals surface area contributed by atoms with Gasteiger partial charge in [0, 0.05) is 6.54 Å². The van der Waals surface area contributed by atoms with Crippen molar-refractivity contribution in [1.29, 1.82) is 0 Å². The number of rotatable bonds is 0. The minimum absolute atomic E-state index is 0.0683. The van der Waals surface area contributed by atoms with Gasteiger partial charge in [-0.25, -0.2) is 0 Å². The molecule has 4 saturated heterocycles. The van der Waals surface area contributed by atoms with Crippen molar-refractivity contribution in [3.8, 4) is 0 Å². The number of hydrogen-bond acceptors (Lipinski definition) is 2. The van der Waals surface area contributed by atoms with Gasteiger partial charge in [-0.1, -0.05) is 0 Å². The Balaban J connectivity index is 1.94. The van der Waals surface area contributed by atoms with E-state index in [1.54, 1.807) is 0 Å². The van der Waals surface area contributed by atoms with Crippen LogP contribution >= 0.6 is 0 Å². The van der Waals surface area contributed by atoms with Crippen molar-refractivity contribution in [1.82, 2.24) is 10.2 Å². The molecule has 0 unspecified atom stereocenters. The zero-order valence-corrected chi connectivity index (χ0v) is 7.88. The van der Waals surface area contributed by atoms with Crippen molar-refractivity contribution in [3.05, 3.63) is 0 Å². The molecule has 1 N–H and O–H groups in total. The molecule has 0 aromatic rings. The summed E-state index contributed by atoms with van der Waals surface area (Å²) in [5, 5.41) is 2.98. The molecule has 13 heavy (non-hydrogen) atoms. The Hall–Kier alpha value is -0.570. The van der Waals surface area contributed by atoms with E-state index in [1.807, 2.05) is 0 Å². The highest BCUT2D eigenvalue weighted by molar-refractivity contribution is 5.88. The topological polar surface area (TPSA) is 32.3 Å². The molecule has 3 heteroatoms. The van der Waals surface area contributed by atoms with Crippen molar-refractivity contribution >= 4 is 5.91 Å². The lowest BCUT2D eigenvalue weighted by Gasteiger charge is -2.50. The third-order valence-corrected chi connectivity index (χ3v) is 4.09. The van der Waals surface area contributed by atoms with Gasteiger partial charge in [-0.15, -0.1) is 0 Å². The number of nitrogens with one attached hydrogen (secondary N) is 1. The lowest BCUT2D eigenvalue weighted by atomic mass is 9.73. The highest BCUT2D eigenvalue weighted by atomic mass is 16.2. The summed E-state index contributed by atoms with van der Waals surface area (Å²) in [7, 11) is 0. The third kappa shape index (κ3) is 0.909. The molecule has 1 spiro atoms. The Morgan fingerprint density at radius 1 is 1.38 bits per heavy atom. The van der Waals surface area contributed by atoms with Crippen LogP contribution in [-0.2, 0) is 4.79 Å². The monoisotopic (exact) mass is 180 g/mol. The fourth-order valence-electron chi connectivity index (χ4n) is 3.33. The molecular formula is C10H16N2O. The predicted molar refractivity (Wildman–Crippen MR) is 49.3 cm³/mol. The highest BCUT2D eigenvalue weighted by Crippen LogP contribution is 2.42. The highest BCUT2D eigenvalue weighted by Gasteiger charge is 2.52. The van der Waals surface area contributed by atoms with Crippen LogP contribution in [0.15, 0.2) is 0 Å². The van der Waals surface area contributed by atoms with Gasteiger partial charge >= 0.3 is 0 Å². The van der Waals surface area contributed by atoms with E-state index in [0.29, 0.717) is 5.91 Å².